The number of aliphatic imine (C=N–C) groups is 1. The molecule has 2 heterocycles. The summed E-state index contributed by atoms with van der Waals surface area (Å²) < 4.78 is 11.0. The van der Waals surface area contributed by atoms with Crippen molar-refractivity contribution in [1.29, 1.82) is 0 Å². The predicted octanol–water partition coefficient (Wildman–Crippen LogP) is 3.82. The normalized spacial score (nSPS) is 24.6. The van der Waals surface area contributed by atoms with Crippen molar-refractivity contribution in [3.8, 4) is 11.5 Å². The van der Waals surface area contributed by atoms with Gasteiger partial charge < -0.3 is 9.47 Å². The van der Waals surface area contributed by atoms with E-state index in [0.29, 0.717) is 29.1 Å². The molecule has 4 aliphatic rings. The lowest BCUT2D eigenvalue weighted by molar-refractivity contribution is -0.116. The van der Waals surface area contributed by atoms with Crippen LogP contribution in [-0.4, -0.2) is 24.1 Å². The Labute approximate surface area is 161 Å². The number of ether oxygens (including phenoxy) is 2. The standard InChI is InChI=1S/C23H17NO4/c25-16-7-3-6-15-20(16)19(12-8-9-17-18(10-12)28-11-27-17)21-22(24-15)13-4-1-2-5-14(13)23(21)26/h1-2,4-5,8-10,19,21H,3,6-7,11H2. The molecule has 2 aliphatic carbocycles. The Balaban J connectivity index is 1.59. The van der Waals surface area contributed by atoms with Gasteiger partial charge in [0.2, 0.25) is 6.79 Å². The van der Waals surface area contributed by atoms with Gasteiger partial charge in [-0.25, -0.2) is 0 Å². The summed E-state index contributed by atoms with van der Waals surface area (Å²) in [5.41, 5.74) is 4.86. The minimum absolute atomic E-state index is 0.0435. The summed E-state index contributed by atoms with van der Waals surface area (Å²) in [6.45, 7) is 0.191. The Bertz CT molecular complexity index is 1130. The van der Waals surface area contributed by atoms with Crippen molar-refractivity contribution in [3.05, 3.63) is 70.4 Å². The average Bonchev–Trinajstić information content (AvgIpc) is 3.30. The number of ketones is 2. The zero-order chi connectivity index (χ0) is 18.8. The van der Waals surface area contributed by atoms with Crippen molar-refractivity contribution in [2.24, 2.45) is 10.9 Å². The maximum absolute atomic E-state index is 13.4. The molecular formula is C23H17NO4. The molecule has 0 amide bonds. The first-order chi connectivity index (χ1) is 13.7. The molecule has 28 heavy (non-hydrogen) atoms. The zero-order valence-electron chi connectivity index (χ0n) is 15.1. The van der Waals surface area contributed by atoms with Gasteiger partial charge in [-0.3, -0.25) is 14.6 Å². The van der Waals surface area contributed by atoms with Gasteiger partial charge in [0, 0.05) is 34.7 Å². The highest BCUT2D eigenvalue weighted by atomic mass is 16.7. The lowest BCUT2D eigenvalue weighted by atomic mass is 9.71. The Morgan fingerprint density at radius 2 is 1.71 bits per heavy atom. The number of fused-ring (bicyclic) bond motifs is 4. The monoisotopic (exact) mass is 371 g/mol. The summed E-state index contributed by atoms with van der Waals surface area (Å²) >= 11 is 0. The van der Waals surface area contributed by atoms with Crippen LogP contribution in [0.15, 0.2) is 58.7 Å². The van der Waals surface area contributed by atoms with Crippen molar-refractivity contribution in [1.82, 2.24) is 0 Å². The lowest BCUT2D eigenvalue weighted by Crippen LogP contribution is -2.33. The van der Waals surface area contributed by atoms with Gasteiger partial charge in [-0.05, 0) is 30.5 Å². The molecule has 0 aromatic heterocycles. The molecule has 0 saturated heterocycles. The smallest absolute Gasteiger partial charge is 0.231 e. The SMILES string of the molecule is O=C1CCCC2=C1C(c1ccc3c(c1)OCO3)C1C(=O)c3ccccc3C1=N2. The van der Waals surface area contributed by atoms with Gasteiger partial charge in [-0.2, -0.15) is 0 Å². The van der Waals surface area contributed by atoms with Crippen LogP contribution in [0.5, 0.6) is 11.5 Å². The number of hydrogen-bond acceptors (Lipinski definition) is 5. The number of rotatable bonds is 1. The zero-order valence-corrected chi connectivity index (χ0v) is 15.1. The number of carbonyl (C=O) groups excluding carboxylic acids is 2. The van der Waals surface area contributed by atoms with Gasteiger partial charge in [0.05, 0.1) is 11.6 Å². The first-order valence-corrected chi connectivity index (χ1v) is 9.60. The fraction of sp³-hybridized carbons (Fsp3) is 0.261. The van der Waals surface area contributed by atoms with Crippen LogP contribution < -0.4 is 9.47 Å². The van der Waals surface area contributed by atoms with Crippen molar-refractivity contribution in [2.75, 3.05) is 6.79 Å². The van der Waals surface area contributed by atoms with Crippen LogP contribution >= 0.6 is 0 Å². The highest BCUT2D eigenvalue weighted by molar-refractivity contribution is 6.30. The third kappa shape index (κ3) is 2.04. The summed E-state index contributed by atoms with van der Waals surface area (Å²) in [5, 5.41) is 0. The van der Waals surface area contributed by atoms with Gasteiger partial charge in [0.1, 0.15) is 0 Å². The van der Waals surface area contributed by atoms with E-state index in [9.17, 15) is 9.59 Å². The summed E-state index contributed by atoms with van der Waals surface area (Å²) in [6, 6.07) is 13.4. The average molecular weight is 371 g/mol. The van der Waals surface area contributed by atoms with Crippen LogP contribution in [0, 0.1) is 5.92 Å². The summed E-state index contributed by atoms with van der Waals surface area (Å²) in [6.07, 6.45) is 2.09. The Morgan fingerprint density at radius 1 is 0.893 bits per heavy atom. The van der Waals surface area contributed by atoms with Crippen LogP contribution in [0.3, 0.4) is 0 Å². The maximum atomic E-state index is 13.4. The quantitative estimate of drug-likeness (QED) is 0.764. The number of hydrogen-bond donors (Lipinski definition) is 0. The molecule has 0 bridgehead atoms. The molecule has 2 aromatic rings. The van der Waals surface area contributed by atoms with Crippen LogP contribution in [0.4, 0.5) is 0 Å². The van der Waals surface area contributed by atoms with Gasteiger partial charge in [0.15, 0.2) is 23.1 Å². The Morgan fingerprint density at radius 3 is 2.61 bits per heavy atom. The van der Waals surface area contributed by atoms with Gasteiger partial charge in [-0.1, -0.05) is 30.3 Å². The van der Waals surface area contributed by atoms with E-state index < -0.39 is 5.92 Å². The minimum Gasteiger partial charge on any atom is -0.454 e. The summed E-state index contributed by atoms with van der Waals surface area (Å²) in [5.74, 6) is 0.717. The second kappa shape index (κ2) is 5.64. The molecule has 0 saturated carbocycles. The summed E-state index contributed by atoms with van der Waals surface area (Å²) in [7, 11) is 0. The number of carbonyl (C=O) groups is 2. The maximum Gasteiger partial charge on any atom is 0.231 e. The molecule has 0 fully saturated rings. The van der Waals surface area contributed by atoms with E-state index in [4.69, 9.17) is 14.5 Å². The van der Waals surface area contributed by atoms with Crippen molar-refractivity contribution in [2.45, 2.75) is 25.2 Å². The number of benzene rings is 2. The van der Waals surface area contributed by atoms with Crippen LogP contribution in [0.2, 0.25) is 0 Å². The lowest BCUT2D eigenvalue weighted by Gasteiger charge is -2.33. The topological polar surface area (TPSA) is 65.0 Å². The minimum atomic E-state index is -0.460. The third-order valence-corrected chi connectivity index (χ3v) is 6.13. The van der Waals surface area contributed by atoms with Crippen molar-refractivity contribution in [3.63, 3.8) is 0 Å². The number of Topliss-reactive ketones (excluding diaryl/α,β-unsaturated/α-hetero) is 2. The highest BCUT2D eigenvalue weighted by Gasteiger charge is 2.48. The van der Waals surface area contributed by atoms with E-state index in [1.54, 1.807) is 0 Å². The molecule has 0 N–H and O–H groups in total. The first kappa shape index (κ1) is 15.8. The molecular weight excluding hydrogens is 354 g/mol. The molecule has 2 unspecified atom stereocenters. The van der Waals surface area contributed by atoms with Gasteiger partial charge >= 0.3 is 0 Å². The number of allylic oxidation sites excluding steroid dienone is 2. The second-order valence-corrected chi connectivity index (χ2v) is 7.61. The number of nitrogens with zero attached hydrogens (tertiary/aromatic N) is 1. The van der Waals surface area contributed by atoms with Crippen molar-refractivity contribution < 1.29 is 19.1 Å². The fourth-order valence-electron chi connectivity index (χ4n) is 4.91. The molecule has 0 radical (unpaired) electrons. The molecule has 2 aromatic carbocycles. The van der Waals surface area contributed by atoms with Crippen LogP contribution in [0.1, 0.15) is 46.7 Å². The molecule has 2 atom stereocenters. The van der Waals surface area contributed by atoms with Crippen LogP contribution in [-0.2, 0) is 4.79 Å². The fourth-order valence-corrected chi connectivity index (χ4v) is 4.91. The van der Waals surface area contributed by atoms with Gasteiger partial charge in [0.25, 0.3) is 0 Å². The molecule has 2 aliphatic heterocycles. The molecule has 6 rings (SSSR count). The predicted molar refractivity (Wildman–Crippen MR) is 102 cm³/mol. The van der Waals surface area contributed by atoms with E-state index in [2.05, 4.69) is 0 Å². The largest absolute Gasteiger partial charge is 0.454 e. The summed E-state index contributed by atoms with van der Waals surface area (Å²) in [4.78, 5) is 31.1. The Kier molecular flexibility index (Phi) is 3.19. The van der Waals surface area contributed by atoms with Gasteiger partial charge in [-0.15, -0.1) is 0 Å². The third-order valence-electron chi connectivity index (χ3n) is 6.13. The van der Waals surface area contributed by atoms with E-state index in [-0.39, 0.29) is 24.3 Å². The molecule has 0 spiro atoms. The molecule has 138 valence electrons. The van der Waals surface area contributed by atoms with Crippen LogP contribution in [0.25, 0.3) is 0 Å². The van der Waals surface area contributed by atoms with E-state index in [1.807, 2.05) is 42.5 Å². The highest BCUT2D eigenvalue weighted by Crippen LogP contribution is 2.49. The first-order valence-electron chi connectivity index (χ1n) is 9.60. The van der Waals surface area contributed by atoms with E-state index in [0.717, 1.165) is 35.4 Å². The second-order valence-electron chi connectivity index (χ2n) is 7.61. The van der Waals surface area contributed by atoms with E-state index >= 15 is 0 Å². The Hall–Kier alpha value is -3.21. The molecule has 5 nitrogen and oxygen atoms in total. The van der Waals surface area contributed by atoms with E-state index in [1.165, 1.54) is 0 Å². The van der Waals surface area contributed by atoms with Crippen molar-refractivity contribution >= 4 is 17.3 Å². The molecule has 5 heteroatoms.